The Morgan fingerprint density at radius 2 is 1.90 bits per heavy atom. The smallest absolute Gasteiger partial charge is 0.228 e. The largest absolute Gasteiger partial charge is 0.326 e. The van der Waals surface area contributed by atoms with Crippen molar-refractivity contribution in [2.75, 3.05) is 5.32 Å². The monoisotopic (exact) mass is 323 g/mol. The van der Waals surface area contributed by atoms with Gasteiger partial charge in [-0.1, -0.05) is 41.4 Å². The Hall–Kier alpha value is -1.58. The first kappa shape index (κ1) is 14.4. The van der Waals surface area contributed by atoms with Crippen molar-refractivity contribution in [2.24, 2.45) is 5.92 Å². The minimum Gasteiger partial charge on any atom is -0.326 e. The van der Waals surface area contributed by atoms with Crippen LogP contribution >= 0.6 is 23.2 Å². The van der Waals surface area contributed by atoms with Crippen LogP contribution < -0.4 is 5.32 Å². The van der Waals surface area contributed by atoms with Gasteiger partial charge in [-0.3, -0.25) is 4.79 Å². The summed E-state index contributed by atoms with van der Waals surface area (Å²) < 4.78 is 13.3. The summed E-state index contributed by atoms with van der Waals surface area (Å²) in [5.41, 5.74) is 1.40. The number of hydrogen-bond donors (Lipinski definition) is 1. The van der Waals surface area contributed by atoms with Crippen molar-refractivity contribution in [2.45, 2.75) is 12.3 Å². The van der Waals surface area contributed by atoms with Crippen LogP contribution in [0.1, 0.15) is 17.9 Å². The third-order valence-electron chi connectivity index (χ3n) is 3.62. The fourth-order valence-electron chi connectivity index (χ4n) is 2.41. The fourth-order valence-corrected chi connectivity index (χ4v) is 2.81. The van der Waals surface area contributed by atoms with Gasteiger partial charge in [0, 0.05) is 16.6 Å². The van der Waals surface area contributed by atoms with Crippen LogP contribution in [0.25, 0.3) is 0 Å². The van der Waals surface area contributed by atoms with Crippen molar-refractivity contribution in [1.82, 2.24) is 0 Å². The summed E-state index contributed by atoms with van der Waals surface area (Å²) in [5.74, 6) is -0.658. The standard InChI is InChI=1S/C16H12Cl2FNO/c17-13-4-2-1-3-10(13)11-8-12(11)16(21)20-9-5-6-14(18)15(19)7-9/h1-7,11-12H,8H2,(H,20,21). The highest BCUT2D eigenvalue weighted by Crippen LogP contribution is 2.50. The predicted molar refractivity (Wildman–Crippen MR) is 82.3 cm³/mol. The van der Waals surface area contributed by atoms with E-state index in [0.29, 0.717) is 10.7 Å². The van der Waals surface area contributed by atoms with E-state index < -0.39 is 5.82 Å². The van der Waals surface area contributed by atoms with Gasteiger partial charge in [-0.2, -0.15) is 0 Å². The summed E-state index contributed by atoms with van der Waals surface area (Å²) in [7, 11) is 0. The maximum atomic E-state index is 13.3. The van der Waals surface area contributed by atoms with Gasteiger partial charge in [0.1, 0.15) is 5.82 Å². The molecule has 1 fully saturated rings. The van der Waals surface area contributed by atoms with Crippen molar-refractivity contribution in [3.05, 3.63) is 63.9 Å². The van der Waals surface area contributed by atoms with Gasteiger partial charge < -0.3 is 5.32 Å². The first-order valence-electron chi connectivity index (χ1n) is 6.56. The van der Waals surface area contributed by atoms with Crippen molar-refractivity contribution < 1.29 is 9.18 Å². The Kier molecular flexibility index (Phi) is 3.87. The molecule has 0 spiro atoms. The lowest BCUT2D eigenvalue weighted by Gasteiger charge is -2.06. The maximum absolute atomic E-state index is 13.3. The van der Waals surface area contributed by atoms with E-state index in [2.05, 4.69) is 5.32 Å². The molecule has 3 rings (SSSR count). The highest BCUT2D eigenvalue weighted by molar-refractivity contribution is 6.31. The lowest BCUT2D eigenvalue weighted by atomic mass is 10.1. The van der Waals surface area contributed by atoms with E-state index in [4.69, 9.17) is 23.2 Å². The molecule has 5 heteroatoms. The van der Waals surface area contributed by atoms with Crippen LogP contribution in [0.5, 0.6) is 0 Å². The Labute approximate surface area is 131 Å². The predicted octanol–water partition coefficient (Wildman–Crippen LogP) is 4.87. The van der Waals surface area contributed by atoms with Crippen LogP contribution in [0.4, 0.5) is 10.1 Å². The van der Waals surface area contributed by atoms with Crippen LogP contribution in [-0.4, -0.2) is 5.91 Å². The van der Waals surface area contributed by atoms with Crippen LogP contribution in [0.2, 0.25) is 10.0 Å². The number of hydrogen-bond acceptors (Lipinski definition) is 1. The fraction of sp³-hybridized carbons (Fsp3) is 0.188. The number of halogens is 3. The van der Waals surface area contributed by atoms with Gasteiger partial charge in [0.25, 0.3) is 0 Å². The Bertz CT molecular complexity index is 704. The molecule has 1 saturated carbocycles. The van der Waals surface area contributed by atoms with E-state index in [9.17, 15) is 9.18 Å². The molecule has 0 saturated heterocycles. The van der Waals surface area contributed by atoms with E-state index in [0.717, 1.165) is 12.0 Å². The van der Waals surface area contributed by atoms with E-state index in [1.807, 2.05) is 24.3 Å². The van der Waals surface area contributed by atoms with Gasteiger partial charge >= 0.3 is 0 Å². The normalized spacial score (nSPS) is 20.1. The summed E-state index contributed by atoms with van der Waals surface area (Å²) >= 11 is 11.7. The SMILES string of the molecule is O=C(Nc1ccc(Cl)c(F)c1)C1CC1c1ccccc1Cl. The van der Waals surface area contributed by atoms with Crippen molar-refractivity contribution in [3.8, 4) is 0 Å². The zero-order valence-corrected chi connectivity index (χ0v) is 12.5. The molecule has 1 aliphatic carbocycles. The second-order valence-corrected chi connectivity index (χ2v) is 5.90. The minimum absolute atomic E-state index is 0.0355. The minimum atomic E-state index is -0.548. The molecule has 0 heterocycles. The molecule has 108 valence electrons. The summed E-state index contributed by atoms with van der Waals surface area (Å²) in [6.07, 6.45) is 0.756. The molecule has 2 nitrogen and oxygen atoms in total. The second kappa shape index (κ2) is 5.66. The van der Waals surface area contributed by atoms with Crippen LogP contribution in [0, 0.1) is 11.7 Å². The zero-order valence-electron chi connectivity index (χ0n) is 10.9. The molecule has 0 radical (unpaired) electrons. The van der Waals surface area contributed by atoms with Gasteiger partial charge in [-0.25, -0.2) is 4.39 Å². The van der Waals surface area contributed by atoms with Crippen molar-refractivity contribution in [3.63, 3.8) is 0 Å². The Morgan fingerprint density at radius 3 is 2.62 bits per heavy atom. The number of amides is 1. The summed E-state index contributed by atoms with van der Waals surface area (Å²) in [5, 5.41) is 3.42. The molecule has 1 amide bonds. The van der Waals surface area contributed by atoms with Crippen molar-refractivity contribution in [1.29, 1.82) is 0 Å². The molecule has 1 N–H and O–H groups in total. The Morgan fingerprint density at radius 1 is 1.14 bits per heavy atom. The summed E-state index contributed by atoms with van der Waals surface area (Å²) in [6, 6.07) is 11.7. The highest BCUT2D eigenvalue weighted by atomic mass is 35.5. The maximum Gasteiger partial charge on any atom is 0.228 e. The number of carbonyl (C=O) groups is 1. The van der Waals surface area contributed by atoms with Crippen LogP contribution in [0.15, 0.2) is 42.5 Å². The first-order valence-corrected chi connectivity index (χ1v) is 7.32. The molecule has 1 aliphatic rings. The summed E-state index contributed by atoms with van der Waals surface area (Å²) in [4.78, 5) is 12.2. The second-order valence-electron chi connectivity index (χ2n) is 5.09. The third kappa shape index (κ3) is 3.04. The molecule has 0 aromatic heterocycles. The number of anilines is 1. The number of carbonyl (C=O) groups excluding carboxylic acids is 1. The van der Waals surface area contributed by atoms with Gasteiger partial charge in [0.05, 0.1) is 5.02 Å². The van der Waals surface area contributed by atoms with Crippen molar-refractivity contribution >= 4 is 34.8 Å². The zero-order chi connectivity index (χ0) is 15.0. The molecule has 2 atom stereocenters. The number of benzene rings is 2. The van der Waals surface area contributed by atoms with E-state index in [-0.39, 0.29) is 22.8 Å². The number of rotatable bonds is 3. The lowest BCUT2D eigenvalue weighted by Crippen LogP contribution is -2.14. The quantitative estimate of drug-likeness (QED) is 0.857. The molecule has 0 bridgehead atoms. The van der Waals surface area contributed by atoms with E-state index in [1.165, 1.54) is 12.1 Å². The lowest BCUT2D eigenvalue weighted by molar-refractivity contribution is -0.117. The van der Waals surface area contributed by atoms with Crippen LogP contribution in [0.3, 0.4) is 0 Å². The number of nitrogens with one attached hydrogen (secondary N) is 1. The molecule has 2 aromatic rings. The van der Waals surface area contributed by atoms with Gasteiger partial charge in [-0.05, 0) is 42.2 Å². The molecular formula is C16H12Cl2FNO. The average molecular weight is 324 g/mol. The molecule has 2 unspecified atom stereocenters. The topological polar surface area (TPSA) is 29.1 Å². The molecule has 2 aromatic carbocycles. The van der Waals surface area contributed by atoms with Crippen LogP contribution in [-0.2, 0) is 4.79 Å². The highest BCUT2D eigenvalue weighted by Gasteiger charge is 2.44. The average Bonchev–Trinajstić information content (AvgIpc) is 3.24. The molecule has 21 heavy (non-hydrogen) atoms. The van der Waals surface area contributed by atoms with Gasteiger partial charge in [-0.15, -0.1) is 0 Å². The Balaban J connectivity index is 1.68. The summed E-state index contributed by atoms with van der Waals surface area (Å²) in [6.45, 7) is 0. The molecular weight excluding hydrogens is 312 g/mol. The van der Waals surface area contributed by atoms with E-state index >= 15 is 0 Å². The van der Waals surface area contributed by atoms with Gasteiger partial charge in [0.15, 0.2) is 0 Å². The molecule has 0 aliphatic heterocycles. The first-order chi connectivity index (χ1) is 10.1. The van der Waals surface area contributed by atoms with Gasteiger partial charge in [0.2, 0.25) is 5.91 Å². The van der Waals surface area contributed by atoms with E-state index in [1.54, 1.807) is 6.07 Å². The third-order valence-corrected chi connectivity index (χ3v) is 4.27.